The summed E-state index contributed by atoms with van der Waals surface area (Å²) in [6.07, 6.45) is -1.78. The highest BCUT2D eigenvalue weighted by Crippen LogP contribution is 2.38. The summed E-state index contributed by atoms with van der Waals surface area (Å²) < 4.78 is 15.5. The van der Waals surface area contributed by atoms with Gasteiger partial charge < -0.3 is 25.6 Å². The molecule has 10 heteroatoms. The van der Waals surface area contributed by atoms with Crippen molar-refractivity contribution in [2.45, 2.75) is 18.2 Å². The zero-order chi connectivity index (χ0) is 15.3. The van der Waals surface area contributed by atoms with E-state index in [0.717, 1.165) is 0 Å². The van der Waals surface area contributed by atoms with Crippen LogP contribution in [0.4, 0.5) is 10.2 Å². The van der Waals surface area contributed by atoms with Gasteiger partial charge in [0.1, 0.15) is 29.6 Å². The molecule has 0 bridgehead atoms. The standard InChI is InChI=1S/C11H11ClFN5O3/c12-11-16-9(14)5-10(17-11)18(2-15-5)6-4(13)3(1-19)7(20)8(6)21/h2,6-8,19-21H,1H2,(H2,14,16,17)/t6?,7-,8-/m0/s1. The first-order chi connectivity index (χ1) is 9.95. The quantitative estimate of drug-likeness (QED) is 0.552. The van der Waals surface area contributed by atoms with Gasteiger partial charge in [0.05, 0.1) is 12.9 Å². The number of hydrogen-bond donors (Lipinski definition) is 4. The molecule has 0 fully saturated rings. The molecule has 112 valence electrons. The first-order valence-electron chi connectivity index (χ1n) is 5.96. The normalized spacial score (nSPS) is 26.0. The number of fused-ring (bicyclic) bond motifs is 1. The fourth-order valence-corrected chi connectivity index (χ4v) is 2.60. The van der Waals surface area contributed by atoms with E-state index < -0.39 is 30.7 Å². The number of aromatic nitrogens is 4. The van der Waals surface area contributed by atoms with Crippen molar-refractivity contribution in [2.24, 2.45) is 0 Å². The van der Waals surface area contributed by atoms with Crippen molar-refractivity contribution in [2.75, 3.05) is 12.3 Å². The molecule has 1 unspecified atom stereocenters. The minimum absolute atomic E-state index is 0.0172. The third-order valence-corrected chi connectivity index (χ3v) is 3.63. The van der Waals surface area contributed by atoms with Gasteiger partial charge in [0.2, 0.25) is 5.28 Å². The largest absolute Gasteiger partial charge is 0.392 e. The number of hydrogen-bond acceptors (Lipinski definition) is 7. The smallest absolute Gasteiger partial charge is 0.226 e. The Morgan fingerprint density at radius 1 is 1.38 bits per heavy atom. The van der Waals surface area contributed by atoms with Crippen molar-refractivity contribution in [3.05, 3.63) is 23.0 Å². The molecule has 0 saturated heterocycles. The zero-order valence-corrected chi connectivity index (χ0v) is 11.2. The summed E-state index contributed by atoms with van der Waals surface area (Å²) in [6, 6.07) is -1.27. The van der Waals surface area contributed by atoms with Gasteiger partial charge in [-0.2, -0.15) is 9.97 Å². The van der Waals surface area contributed by atoms with Crippen LogP contribution in [0.1, 0.15) is 6.04 Å². The summed E-state index contributed by atoms with van der Waals surface area (Å²) in [5, 5.41) is 28.7. The average molecular weight is 316 g/mol. The van der Waals surface area contributed by atoms with Gasteiger partial charge in [0.15, 0.2) is 11.5 Å². The van der Waals surface area contributed by atoms with Crippen molar-refractivity contribution >= 4 is 28.6 Å². The average Bonchev–Trinajstić information content (AvgIpc) is 2.91. The number of halogens is 2. The Balaban J connectivity index is 2.19. The van der Waals surface area contributed by atoms with Crippen LogP contribution in [0.5, 0.6) is 0 Å². The number of nitrogens with zero attached hydrogens (tertiary/aromatic N) is 4. The Bertz CT molecular complexity index is 749. The van der Waals surface area contributed by atoms with Gasteiger partial charge in [-0.1, -0.05) is 0 Å². The highest BCUT2D eigenvalue weighted by atomic mass is 35.5. The van der Waals surface area contributed by atoms with E-state index in [9.17, 15) is 14.6 Å². The molecule has 5 N–H and O–H groups in total. The van der Waals surface area contributed by atoms with Gasteiger partial charge in [-0.25, -0.2) is 9.37 Å². The molecule has 2 aromatic heterocycles. The van der Waals surface area contributed by atoms with Crippen LogP contribution < -0.4 is 5.73 Å². The van der Waals surface area contributed by atoms with Crippen LogP contribution in [0.25, 0.3) is 11.2 Å². The van der Waals surface area contributed by atoms with Crippen molar-refractivity contribution in [1.29, 1.82) is 0 Å². The van der Waals surface area contributed by atoms with Crippen LogP contribution in [0.3, 0.4) is 0 Å². The fourth-order valence-electron chi connectivity index (χ4n) is 2.43. The highest BCUT2D eigenvalue weighted by molar-refractivity contribution is 6.28. The lowest BCUT2D eigenvalue weighted by molar-refractivity contribution is 0.0262. The number of aliphatic hydroxyl groups excluding tert-OH is 3. The molecule has 3 rings (SSSR count). The Kier molecular flexibility index (Phi) is 3.29. The summed E-state index contributed by atoms with van der Waals surface area (Å²) >= 11 is 5.72. The van der Waals surface area contributed by atoms with Crippen LogP contribution in [-0.2, 0) is 0 Å². The van der Waals surface area contributed by atoms with Gasteiger partial charge in [-0.05, 0) is 11.6 Å². The number of anilines is 1. The topological polar surface area (TPSA) is 130 Å². The van der Waals surface area contributed by atoms with E-state index in [4.69, 9.17) is 22.4 Å². The Labute approximate surface area is 122 Å². The van der Waals surface area contributed by atoms with Gasteiger partial charge in [0, 0.05) is 5.57 Å². The van der Waals surface area contributed by atoms with E-state index in [-0.39, 0.29) is 27.8 Å². The highest BCUT2D eigenvalue weighted by Gasteiger charge is 2.43. The maximum atomic E-state index is 14.3. The number of nitrogens with two attached hydrogens (primary N) is 1. The molecule has 3 atom stereocenters. The van der Waals surface area contributed by atoms with Crippen LogP contribution in [-0.4, -0.2) is 53.7 Å². The number of nitrogen functional groups attached to an aromatic ring is 1. The van der Waals surface area contributed by atoms with Crippen molar-refractivity contribution in [3.8, 4) is 0 Å². The predicted octanol–water partition coefficient (Wildman–Crippen LogP) is -0.446. The zero-order valence-electron chi connectivity index (χ0n) is 10.5. The van der Waals surface area contributed by atoms with Crippen molar-refractivity contribution < 1.29 is 19.7 Å². The Hall–Kier alpha value is -1.81. The first kappa shape index (κ1) is 14.1. The first-order valence-corrected chi connectivity index (χ1v) is 6.34. The predicted molar refractivity (Wildman–Crippen MR) is 71.0 cm³/mol. The monoisotopic (exact) mass is 315 g/mol. The molecule has 0 amide bonds. The molecule has 0 spiro atoms. The molecule has 0 radical (unpaired) electrons. The summed E-state index contributed by atoms with van der Waals surface area (Å²) in [4.78, 5) is 11.6. The summed E-state index contributed by atoms with van der Waals surface area (Å²) in [5.74, 6) is -0.825. The minimum Gasteiger partial charge on any atom is -0.392 e. The van der Waals surface area contributed by atoms with E-state index in [2.05, 4.69) is 15.0 Å². The molecular formula is C11H11ClFN5O3. The number of aliphatic hydroxyl groups is 3. The van der Waals surface area contributed by atoms with E-state index in [1.165, 1.54) is 10.9 Å². The fraction of sp³-hybridized carbons (Fsp3) is 0.364. The molecular weight excluding hydrogens is 305 g/mol. The second-order valence-corrected chi connectivity index (χ2v) is 4.95. The minimum atomic E-state index is -1.51. The van der Waals surface area contributed by atoms with E-state index in [1.54, 1.807) is 0 Å². The maximum Gasteiger partial charge on any atom is 0.226 e. The SMILES string of the molecule is Nc1nc(Cl)nc2c1ncn2C1C(F)=C(CO)[C@H](O)[C@H]1O. The molecule has 2 heterocycles. The lowest BCUT2D eigenvalue weighted by Gasteiger charge is -2.19. The number of imidazole rings is 1. The molecule has 8 nitrogen and oxygen atoms in total. The van der Waals surface area contributed by atoms with Crippen LogP contribution in [0.15, 0.2) is 17.7 Å². The second-order valence-electron chi connectivity index (χ2n) is 4.61. The lowest BCUT2D eigenvalue weighted by Crippen LogP contribution is -2.30. The van der Waals surface area contributed by atoms with Crippen LogP contribution in [0, 0.1) is 0 Å². The summed E-state index contributed by atoms with van der Waals surface area (Å²) in [7, 11) is 0. The van der Waals surface area contributed by atoms with Crippen molar-refractivity contribution in [1.82, 2.24) is 19.5 Å². The van der Waals surface area contributed by atoms with E-state index in [1.807, 2.05) is 0 Å². The van der Waals surface area contributed by atoms with Crippen molar-refractivity contribution in [3.63, 3.8) is 0 Å². The van der Waals surface area contributed by atoms with Crippen LogP contribution in [0.2, 0.25) is 5.28 Å². The molecule has 21 heavy (non-hydrogen) atoms. The molecule has 0 saturated carbocycles. The molecule has 0 aliphatic heterocycles. The molecule has 0 aromatic carbocycles. The second kappa shape index (κ2) is 4.88. The molecule has 1 aliphatic carbocycles. The van der Waals surface area contributed by atoms with Gasteiger partial charge in [-0.3, -0.25) is 0 Å². The number of rotatable bonds is 2. The third kappa shape index (κ3) is 1.97. The van der Waals surface area contributed by atoms with Gasteiger partial charge >= 0.3 is 0 Å². The van der Waals surface area contributed by atoms with Crippen LogP contribution >= 0.6 is 11.6 Å². The Morgan fingerprint density at radius 2 is 2.10 bits per heavy atom. The third-order valence-electron chi connectivity index (χ3n) is 3.46. The Morgan fingerprint density at radius 3 is 2.71 bits per heavy atom. The maximum absolute atomic E-state index is 14.3. The summed E-state index contributed by atoms with van der Waals surface area (Å²) in [5.41, 5.74) is 5.70. The van der Waals surface area contributed by atoms with Gasteiger partial charge in [0.25, 0.3) is 0 Å². The van der Waals surface area contributed by atoms with Gasteiger partial charge in [-0.15, -0.1) is 0 Å². The summed E-state index contributed by atoms with van der Waals surface area (Å²) in [6.45, 7) is -0.703. The van der Waals surface area contributed by atoms with E-state index in [0.29, 0.717) is 0 Å². The lowest BCUT2D eigenvalue weighted by atomic mass is 10.1. The van der Waals surface area contributed by atoms with E-state index >= 15 is 0 Å². The molecule has 1 aliphatic rings. The molecule has 2 aromatic rings.